The highest BCUT2D eigenvalue weighted by atomic mass is 32.2. The highest BCUT2D eigenvalue weighted by molar-refractivity contribution is 8.00. The quantitative estimate of drug-likeness (QED) is 0.0378. The van der Waals surface area contributed by atoms with Gasteiger partial charge in [-0.3, -0.25) is 115 Å². The first-order chi connectivity index (χ1) is 66.5. The third-order valence-electron chi connectivity index (χ3n) is 22.7. The van der Waals surface area contributed by atoms with Gasteiger partial charge in [-0.2, -0.15) is 23.5 Å². The molecule has 16 atom stereocenters. The molecule has 2 fully saturated rings. The van der Waals surface area contributed by atoms with Crippen LogP contribution in [-0.4, -0.2) is 306 Å². The topological polar surface area (TPSA) is 731 Å². The molecule has 4 aromatic carbocycles. The summed E-state index contributed by atoms with van der Waals surface area (Å²) in [5, 5.41) is 84.0. The zero-order chi connectivity index (χ0) is 104. The van der Waals surface area contributed by atoms with Crippen molar-refractivity contribution in [1.82, 2.24) is 74.0 Å². The third kappa shape index (κ3) is 41.5. The number of nitrogens with zero attached hydrogens (tertiary/aromatic N) is 1. The Balaban J connectivity index is 1.49. The summed E-state index contributed by atoms with van der Waals surface area (Å²) in [5.74, 6) is -32.7. The van der Waals surface area contributed by atoms with E-state index in [-0.39, 0.29) is 92.1 Å². The first-order valence-corrected chi connectivity index (χ1v) is 48.9. The number of nitrogens with two attached hydrogens (primary N) is 3. The molecule has 0 spiro atoms. The number of hydrogen-bond donors (Lipinski definition) is 21. The summed E-state index contributed by atoms with van der Waals surface area (Å²) in [6.07, 6.45) is -10.0. The minimum Gasteiger partial charge on any atom is -0.508 e. The number of rotatable bonds is 22. The number of nitrogens with one attached hydrogen (secondary N) is 13. The summed E-state index contributed by atoms with van der Waals surface area (Å²) in [7, 11) is 0. The Bertz CT molecular complexity index is 5180. The van der Waals surface area contributed by atoms with Gasteiger partial charge in [0.2, 0.25) is 88.6 Å². The molecule has 141 heavy (non-hydrogen) atoms. The lowest BCUT2D eigenvalue weighted by Gasteiger charge is -2.32. The predicted octanol–water partition coefficient (Wildman–Crippen LogP) is -2.78. The normalized spacial score (nSPS) is 24.9. The van der Waals surface area contributed by atoms with Crippen molar-refractivity contribution >= 4 is 182 Å². The molecule has 0 radical (unpaired) electrons. The van der Waals surface area contributed by atoms with Crippen LogP contribution in [0.3, 0.4) is 0 Å². The molecule has 2 aliphatic rings. The van der Waals surface area contributed by atoms with Crippen LogP contribution < -0.4 is 86.3 Å². The second-order valence-electron chi connectivity index (χ2n) is 35.4. The Morgan fingerprint density at radius 2 is 0.901 bits per heavy atom. The summed E-state index contributed by atoms with van der Waals surface area (Å²) >= 11 is 2.55. The smallest absolute Gasteiger partial charge is 0.305 e. The maximum Gasteiger partial charge on any atom is 0.305 e. The number of hydrogen-bond acceptors (Lipinski definition) is 29. The summed E-state index contributed by atoms with van der Waals surface area (Å²) in [4.78, 5) is 324. The van der Waals surface area contributed by atoms with Gasteiger partial charge in [0.15, 0.2) is 11.6 Å². The first kappa shape index (κ1) is 116. The van der Waals surface area contributed by atoms with Crippen LogP contribution in [0.15, 0.2) is 97.1 Å². The number of carboxylic acids is 4. The Morgan fingerprint density at radius 1 is 0.440 bits per heavy atom. The second-order valence-corrected chi connectivity index (χ2v) is 38.5. The summed E-state index contributed by atoms with van der Waals surface area (Å²) < 4.78 is 0. The number of carbonyl (C=O) groups is 23. The zero-order valence-corrected chi connectivity index (χ0v) is 81.3. The largest absolute Gasteiger partial charge is 0.508 e. The fraction of sp³-hybridized carbons (Fsp3) is 0.516. The average Bonchev–Trinajstić information content (AvgIpc) is 0.831. The van der Waals surface area contributed by atoms with E-state index in [1.807, 2.05) is 0 Å². The van der Waals surface area contributed by atoms with Crippen molar-refractivity contribution in [3.8, 4) is 5.75 Å². The van der Waals surface area contributed by atoms with Crippen molar-refractivity contribution in [2.24, 2.45) is 40.4 Å². The van der Waals surface area contributed by atoms with Crippen molar-refractivity contribution < 1.29 is 136 Å². The molecule has 6 rings (SSSR count). The molecule has 1 unspecified atom stereocenters. The van der Waals surface area contributed by atoms with Gasteiger partial charge in [-0.05, 0) is 98.0 Å². The van der Waals surface area contributed by atoms with Gasteiger partial charge in [-0.25, -0.2) is 0 Å². The molecule has 0 aliphatic carbocycles. The predicted molar refractivity (Wildman–Crippen MR) is 515 cm³/mol. The number of ketones is 4. The maximum atomic E-state index is 15.1. The van der Waals surface area contributed by atoms with E-state index in [1.54, 1.807) is 53.4 Å². The van der Waals surface area contributed by atoms with Crippen molar-refractivity contribution in [3.05, 3.63) is 114 Å². The SMILES string of the molecule is C[C@H](N)C(=O)C[C@H]1CSCC(=O)NCCN2CCCC(=O)CSC[C@@H](C(N)=O)CC(=O)[C@H](C(C)(C)C)NC(=O)[C@H](CC(=O)O)NC(=O)[C@H](Cc3ccc(O)cc3)NC(=O)[C@H](Cc3ccccc3)NC(=O)[C@H](CC(=O)O)NC(=O)[C@H](CCC(=O)O)NC(=O)[C@H](CSCC(=O)NCC2)NC(=O)[C@@H](C)NC(=O)[C@H](Cc2cccc3ccccc23)CC(=O)[C@H](CCC(=O)O)NC(=O)[C@H](CC(N)=O)NC(=O)[C@@H](C)NC1=O. The van der Waals surface area contributed by atoms with Crippen LogP contribution in [0.2, 0.25) is 0 Å². The minimum absolute atomic E-state index is 0.0108. The Kier molecular flexibility index (Phi) is 47.7. The van der Waals surface area contributed by atoms with E-state index in [1.165, 1.54) is 83.1 Å². The Hall–Kier alpha value is -13.5. The number of thioether (sulfide) groups is 3. The second kappa shape index (κ2) is 57.9. The lowest BCUT2D eigenvalue weighted by atomic mass is 9.81. The van der Waals surface area contributed by atoms with Crippen LogP contribution in [0.5, 0.6) is 5.75 Å². The number of phenolic OH excluding ortho intramolecular Hbond substituents is 1. The number of phenols is 1. The van der Waals surface area contributed by atoms with Crippen LogP contribution in [0.25, 0.3) is 10.8 Å². The van der Waals surface area contributed by atoms with E-state index in [9.17, 15) is 121 Å². The van der Waals surface area contributed by atoms with Crippen molar-refractivity contribution in [3.63, 3.8) is 0 Å². The molecule has 0 aromatic heterocycles. The van der Waals surface area contributed by atoms with Crippen LogP contribution in [0.1, 0.15) is 135 Å². The molecule has 768 valence electrons. The van der Waals surface area contributed by atoms with Crippen molar-refractivity contribution in [1.29, 1.82) is 0 Å². The molecular weight excluding hydrogens is 1900 g/mol. The van der Waals surface area contributed by atoms with Gasteiger partial charge < -0.3 is 112 Å². The van der Waals surface area contributed by atoms with Gasteiger partial charge in [0.05, 0.1) is 66.5 Å². The van der Waals surface area contributed by atoms with Gasteiger partial charge in [0, 0.05) is 101 Å². The van der Waals surface area contributed by atoms with E-state index in [2.05, 4.69) is 69.1 Å². The van der Waals surface area contributed by atoms with E-state index in [0.717, 1.165) is 30.4 Å². The Labute approximate surface area is 824 Å². The van der Waals surface area contributed by atoms with Crippen LogP contribution >= 0.6 is 35.3 Å². The fourth-order valence-electron chi connectivity index (χ4n) is 14.9. The number of Topliss-reactive ketones (excluding diaryl/α,β-unsaturated/α-hetero) is 4. The van der Waals surface area contributed by atoms with Crippen molar-refractivity contribution in [2.75, 3.05) is 67.2 Å². The number of fused-ring (bicyclic) bond motifs is 9. The molecule has 2 saturated heterocycles. The number of carbonyl (C=O) groups excluding carboxylic acids is 19. The van der Waals surface area contributed by atoms with Gasteiger partial charge in [-0.15, -0.1) is 11.8 Å². The van der Waals surface area contributed by atoms with Gasteiger partial charge >= 0.3 is 23.9 Å². The van der Waals surface area contributed by atoms with Crippen LogP contribution in [-0.2, 0) is 130 Å². The minimum atomic E-state index is -2.26. The number of amides is 15. The van der Waals surface area contributed by atoms with Gasteiger partial charge in [0.25, 0.3) is 0 Å². The highest BCUT2D eigenvalue weighted by Crippen LogP contribution is 2.28. The number of primary amides is 2. The fourth-order valence-corrected chi connectivity index (χ4v) is 17.8. The molecule has 24 N–H and O–H groups in total. The molecular formula is C93H125N17O28S3. The first-order valence-electron chi connectivity index (χ1n) is 45.5. The van der Waals surface area contributed by atoms with Gasteiger partial charge in [0.1, 0.15) is 71.7 Å². The lowest BCUT2D eigenvalue weighted by Crippen LogP contribution is -2.61. The van der Waals surface area contributed by atoms with E-state index < -0.39 is 314 Å². The molecule has 45 nitrogen and oxygen atoms in total. The number of aliphatic carboxylic acids is 4. The third-order valence-corrected chi connectivity index (χ3v) is 26.0. The van der Waals surface area contributed by atoms with Crippen LogP contribution in [0, 0.1) is 23.2 Å². The lowest BCUT2D eigenvalue weighted by molar-refractivity contribution is -0.142. The maximum absolute atomic E-state index is 15.1. The van der Waals surface area contributed by atoms with Crippen molar-refractivity contribution in [2.45, 2.75) is 210 Å². The standard InChI is InChI=1S/C93H125N17O28S3/c1-49(94)70(113)39-58-44-140-47-74(117)97-29-32-110-31-13-19-60(112)45-139-43-57(81(96)127)38-72(115)80(93(4,5)6)109-91(137)68(42-79(125)126)107-88(134)65(35-53-21-23-59(111)24-22-53)104-87(133)64(34-52-14-8-7-9-15-52)105-90(136)67(41-78(123)124)106-86(132)63(26-28-77(121)122)102-92(138)69(46-141-48-75(118)98-30-33-110)108-83(129)51(3)99-84(130)56(36-55-18-12-17-54-16-10-11-20-61(54)55)37-71(114)62(25-27-76(119)120)101-89(135)66(40-73(95)116)103-82(128)50(2)100-85(58)131/h7-12,14-18,20-24,49-51,56-58,62-69,80,111H,13,19,25-48,94H2,1-6H3,(H2,95,116)(H2,96,127)(H,97,117)(H,98,118)(H,99,130)(H,100,131)(H,101,135)(H,102,138)(H,103,128)(H,104,133)(H,105,136)(H,106,132)(H,107,134)(H,108,129)(H,109,137)(H,119,120)(H,121,122)(H,123,124)(H,125,126)/t49-,50+,51+,56+,57-,58-,62-,63-,64-,65-,66-,67-,68-,69-,80+/m0/s1. The number of benzene rings is 4. The molecule has 4 aromatic rings. The summed E-state index contributed by atoms with van der Waals surface area (Å²) in [6, 6.07) is 2.74. The summed E-state index contributed by atoms with van der Waals surface area (Å²) in [6.45, 7) is 8.18. The monoisotopic (exact) mass is 2020 g/mol. The Morgan fingerprint density at radius 3 is 1.44 bits per heavy atom. The number of carboxylic acid groups (broad SMARTS) is 4. The van der Waals surface area contributed by atoms with Crippen LogP contribution in [0.4, 0.5) is 0 Å². The number of aromatic hydroxyl groups is 1. The zero-order valence-electron chi connectivity index (χ0n) is 78.8. The van der Waals surface area contributed by atoms with E-state index in [0.29, 0.717) is 33.7 Å². The molecule has 48 heteroatoms. The average molecular weight is 2030 g/mol. The van der Waals surface area contributed by atoms with E-state index in [4.69, 9.17) is 17.2 Å². The highest BCUT2D eigenvalue weighted by Gasteiger charge is 2.42. The molecule has 2 bridgehead atoms. The van der Waals surface area contributed by atoms with Gasteiger partial charge in [-0.1, -0.05) is 106 Å². The molecule has 15 amide bonds. The summed E-state index contributed by atoms with van der Waals surface area (Å²) in [5.41, 5.74) is 17.1. The van der Waals surface area contributed by atoms with E-state index >= 15 is 14.4 Å². The molecule has 2 aliphatic heterocycles. The molecule has 0 saturated carbocycles. The molecule has 2 heterocycles.